The Bertz CT molecular complexity index is 1010. The highest BCUT2D eigenvalue weighted by Gasteiger charge is 2.43. The molecule has 7 nitrogen and oxygen atoms in total. The van der Waals surface area contributed by atoms with E-state index in [9.17, 15) is 18.4 Å². The van der Waals surface area contributed by atoms with Crippen LogP contribution < -0.4 is 14.8 Å². The Kier molecular flexibility index (Phi) is 3.91. The van der Waals surface area contributed by atoms with Gasteiger partial charge in [-0.3, -0.25) is 4.79 Å². The van der Waals surface area contributed by atoms with E-state index in [-0.39, 0.29) is 22.9 Å². The van der Waals surface area contributed by atoms with Crippen molar-refractivity contribution in [2.45, 2.75) is 6.29 Å². The van der Waals surface area contributed by atoms with Crippen molar-refractivity contribution in [1.82, 2.24) is 4.98 Å². The van der Waals surface area contributed by atoms with Crippen LogP contribution in [0.5, 0.6) is 11.5 Å². The summed E-state index contributed by atoms with van der Waals surface area (Å²) < 4.78 is 39.5. The van der Waals surface area contributed by atoms with Crippen LogP contribution in [-0.4, -0.2) is 29.8 Å². The van der Waals surface area contributed by atoms with Crippen LogP contribution in [0.25, 0.3) is 10.9 Å². The third kappa shape index (κ3) is 3.52. The van der Waals surface area contributed by atoms with E-state index in [4.69, 9.17) is 4.74 Å². The van der Waals surface area contributed by atoms with Crippen molar-refractivity contribution < 1.29 is 32.6 Å². The third-order valence-electron chi connectivity index (χ3n) is 3.77. The lowest BCUT2D eigenvalue weighted by Crippen LogP contribution is -2.25. The number of para-hydroxylation sites is 1. The Hall–Kier alpha value is -3.62. The summed E-state index contributed by atoms with van der Waals surface area (Å²) in [6.07, 6.45) is -3.74. The number of hydrogen-bond donors (Lipinski definition) is 2. The zero-order valence-electron chi connectivity index (χ0n) is 13.6. The summed E-state index contributed by atoms with van der Waals surface area (Å²) in [6.45, 7) is -0.543. The quantitative estimate of drug-likeness (QED) is 0.684. The van der Waals surface area contributed by atoms with Crippen LogP contribution in [0.15, 0.2) is 48.5 Å². The Labute approximate surface area is 150 Å². The molecular formula is C18H12F2N2O5. The van der Waals surface area contributed by atoms with Crippen LogP contribution in [0.3, 0.4) is 0 Å². The molecule has 0 unspecified atom stereocenters. The number of benzene rings is 2. The summed E-state index contributed by atoms with van der Waals surface area (Å²) in [5.74, 6) is -1.66. The highest BCUT2D eigenvalue weighted by atomic mass is 19.3. The molecule has 138 valence electrons. The van der Waals surface area contributed by atoms with Gasteiger partial charge in [-0.05, 0) is 24.3 Å². The average molecular weight is 374 g/mol. The molecule has 9 heteroatoms. The molecular weight excluding hydrogens is 362 g/mol. The molecule has 2 heterocycles. The molecule has 0 bridgehead atoms. The number of anilines is 1. The zero-order valence-corrected chi connectivity index (χ0v) is 13.6. The summed E-state index contributed by atoms with van der Waals surface area (Å²) in [6, 6.07) is 12.7. The zero-order chi connectivity index (χ0) is 19.0. The SMILES string of the molecule is O=C(COC(=O)c1cc2ccccc2[nH]1)Nc1ccc2c(c1)OC(F)(F)O2. The van der Waals surface area contributed by atoms with Crippen molar-refractivity contribution >= 4 is 28.5 Å². The van der Waals surface area contributed by atoms with Gasteiger partial charge in [-0.2, -0.15) is 0 Å². The van der Waals surface area contributed by atoms with Crippen molar-refractivity contribution in [3.63, 3.8) is 0 Å². The van der Waals surface area contributed by atoms with Crippen LogP contribution >= 0.6 is 0 Å². The van der Waals surface area contributed by atoms with Gasteiger partial charge in [0.05, 0.1) is 0 Å². The number of rotatable bonds is 4. The van der Waals surface area contributed by atoms with E-state index in [0.717, 1.165) is 10.9 Å². The molecule has 3 aromatic rings. The minimum absolute atomic E-state index is 0.136. The Morgan fingerprint density at radius 1 is 1.07 bits per heavy atom. The molecule has 2 N–H and O–H groups in total. The average Bonchev–Trinajstić information content (AvgIpc) is 3.18. The molecule has 0 radical (unpaired) electrons. The Morgan fingerprint density at radius 2 is 1.85 bits per heavy atom. The highest BCUT2D eigenvalue weighted by Crippen LogP contribution is 2.42. The minimum atomic E-state index is -3.74. The molecule has 27 heavy (non-hydrogen) atoms. The summed E-state index contributed by atoms with van der Waals surface area (Å²) in [4.78, 5) is 26.9. The van der Waals surface area contributed by atoms with E-state index in [1.54, 1.807) is 6.07 Å². The van der Waals surface area contributed by atoms with Crippen molar-refractivity contribution in [2.24, 2.45) is 0 Å². The first kappa shape index (κ1) is 16.8. The number of alkyl halides is 2. The molecule has 0 fully saturated rings. The van der Waals surface area contributed by atoms with Crippen LogP contribution in [0.2, 0.25) is 0 Å². The van der Waals surface area contributed by atoms with Gasteiger partial charge in [0.15, 0.2) is 18.1 Å². The maximum atomic E-state index is 13.0. The first-order valence-electron chi connectivity index (χ1n) is 7.84. The number of hydrogen-bond acceptors (Lipinski definition) is 5. The van der Waals surface area contributed by atoms with Crippen LogP contribution in [0.4, 0.5) is 14.5 Å². The van der Waals surface area contributed by atoms with E-state index in [2.05, 4.69) is 19.8 Å². The maximum absolute atomic E-state index is 13.0. The van der Waals surface area contributed by atoms with E-state index in [1.807, 2.05) is 24.3 Å². The molecule has 2 aromatic carbocycles. The standard InChI is InChI=1S/C18H12F2N2O5/c19-18(20)26-14-6-5-11(8-15(14)27-18)21-16(23)9-25-17(24)13-7-10-3-1-2-4-12(10)22-13/h1-8,22H,9H2,(H,21,23). The fraction of sp³-hybridized carbons (Fsp3) is 0.111. The van der Waals surface area contributed by atoms with Crippen molar-refractivity contribution in [3.05, 3.63) is 54.2 Å². The summed E-state index contributed by atoms with van der Waals surface area (Å²) >= 11 is 0. The molecule has 1 aliphatic heterocycles. The number of amides is 1. The van der Waals surface area contributed by atoms with Crippen molar-refractivity contribution in [2.75, 3.05) is 11.9 Å². The van der Waals surface area contributed by atoms with Gasteiger partial charge < -0.3 is 24.5 Å². The molecule has 0 aliphatic carbocycles. The molecule has 0 saturated carbocycles. The monoisotopic (exact) mass is 374 g/mol. The highest BCUT2D eigenvalue weighted by molar-refractivity contribution is 5.97. The number of esters is 1. The fourth-order valence-electron chi connectivity index (χ4n) is 2.62. The van der Waals surface area contributed by atoms with E-state index in [0.29, 0.717) is 0 Å². The summed E-state index contributed by atoms with van der Waals surface area (Å²) in [5, 5.41) is 3.26. The molecule has 1 aliphatic rings. The third-order valence-corrected chi connectivity index (χ3v) is 3.77. The van der Waals surface area contributed by atoms with E-state index in [1.165, 1.54) is 18.2 Å². The van der Waals surface area contributed by atoms with Crippen LogP contribution in [-0.2, 0) is 9.53 Å². The second kappa shape index (κ2) is 6.27. The summed E-state index contributed by atoms with van der Waals surface area (Å²) in [7, 11) is 0. The number of carbonyl (C=O) groups is 2. The van der Waals surface area contributed by atoms with Crippen LogP contribution in [0.1, 0.15) is 10.5 Å². The normalized spacial score (nSPS) is 14.1. The maximum Gasteiger partial charge on any atom is 0.586 e. The predicted octanol–water partition coefficient (Wildman–Crippen LogP) is 3.28. The lowest BCUT2D eigenvalue weighted by Gasteiger charge is -2.06. The number of aromatic nitrogens is 1. The van der Waals surface area contributed by atoms with Crippen molar-refractivity contribution in [1.29, 1.82) is 0 Å². The molecule has 4 rings (SSSR count). The smallest absolute Gasteiger partial charge is 0.451 e. The number of fused-ring (bicyclic) bond motifs is 2. The van der Waals surface area contributed by atoms with Gasteiger partial charge in [0, 0.05) is 22.7 Å². The molecule has 1 aromatic heterocycles. The topological polar surface area (TPSA) is 89.7 Å². The number of H-pyrrole nitrogens is 1. The van der Waals surface area contributed by atoms with Gasteiger partial charge in [-0.15, -0.1) is 8.78 Å². The van der Waals surface area contributed by atoms with Gasteiger partial charge in [0.25, 0.3) is 5.91 Å². The lowest BCUT2D eigenvalue weighted by atomic mass is 10.2. The second-order valence-corrected chi connectivity index (χ2v) is 5.72. The van der Waals surface area contributed by atoms with Gasteiger partial charge in [-0.25, -0.2) is 4.79 Å². The summed E-state index contributed by atoms with van der Waals surface area (Å²) in [5.41, 5.74) is 1.18. The van der Waals surface area contributed by atoms with Crippen molar-refractivity contribution in [3.8, 4) is 11.5 Å². The van der Waals surface area contributed by atoms with Gasteiger partial charge >= 0.3 is 12.3 Å². The number of carbonyl (C=O) groups excluding carboxylic acids is 2. The molecule has 0 saturated heterocycles. The van der Waals surface area contributed by atoms with Gasteiger partial charge in [0.1, 0.15) is 5.69 Å². The van der Waals surface area contributed by atoms with Gasteiger partial charge in [-0.1, -0.05) is 18.2 Å². The molecule has 0 atom stereocenters. The molecule has 0 spiro atoms. The number of ether oxygens (including phenoxy) is 3. The first-order chi connectivity index (χ1) is 12.9. The lowest BCUT2D eigenvalue weighted by molar-refractivity contribution is -0.286. The first-order valence-corrected chi connectivity index (χ1v) is 7.84. The second-order valence-electron chi connectivity index (χ2n) is 5.72. The van der Waals surface area contributed by atoms with E-state index < -0.39 is 24.8 Å². The Balaban J connectivity index is 1.35. The van der Waals surface area contributed by atoms with Gasteiger partial charge in [0.2, 0.25) is 0 Å². The minimum Gasteiger partial charge on any atom is -0.451 e. The number of nitrogens with one attached hydrogen (secondary N) is 2. The number of halogens is 2. The van der Waals surface area contributed by atoms with E-state index >= 15 is 0 Å². The molecule has 1 amide bonds. The predicted molar refractivity (Wildman–Crippen MR) is 89.9 cm³/mol. The number of aromatic amines is 1. The fourth-order valence-corrected chi connectivity index (χ4v) is 2.62. The largest absolute Gasteiger partial charge is 0.586 e. The Morgan fingerprint density at radius 3 is 2.67 bits per heavy atom. The van der Waals surface area contributed by atoms with Crippen LogP contribution in [0, 0.1) is 0 Å².